The number of rotatable bonds is 31. The number of esters is 1. The standard InChI is InChI=1S/C39H64N5O11PS/c1-4-54-36(48)18-27-56(50,55-30-12-6-5-7-13-30)38(29(2)3)43-35(47)17-16-34(46)41-20-11-22-52-24-26-53-25-23-51-21-10-19-40-33(45)15-9-8-14-32-37-31(28-57-32)42-39(49)44-37/h5-7,12-13,29,31-32,37-38H,4,8-11,14-28H2,1-3H3,(H,40,45)(H,41,46)(H,43,47)(H2,42,44,49)/t31-,32?,37-,38+,56?/m0/s1. The van der Waals surface area contributed by atoms with Gasteiger partial charge in [-0.3, -0.25) is 23.7 Å². The summed E-state index contributed by atoms with van der Waals surface area (Å²) in [5.41, 5.74) is 0. The van der Waals surface area contributed by atoms with Gasteiger partial charge >= 0.3 is 12.0 Å². The van der Waals surface area contributed by atoms with Crippen molar-refractivity contribution in [1.82, 2.24) is 26.6 Å². The lowest BCUT2D eigenvalue weighted by molar-refractivity contribution is -0.142. The molecule has 5 atom stereocenters. The minimum atomic E-state index is -3.62. The van der Waals surface area contributed by atoms with E-state index >= 15 is 0 Å². The van der Waals surface area contributed by atoms with Gasteiger partial charge in [0.1, 0.15) is 11.5 Å². The topological polar surface area (TPSA) is 209 Å². The zero-order valence-electron chi connectivity index (χ0n) is 33.8. The van der Waals surface area contributed by atoms with Gasteiger partial charge in [-0.05, 0) is 50.7 Å². The van der Waals surface area contributed by atoms with Gasteiger partial charge < -0.3 is 50.1 Å². The van der Waals surface area contributed by atoms with Gasteiger partial charge in [0, 0.05) is 62.7 Å². The summed E-state index contributed by atoms with van der Waals surface area (Å²) in [7, 11) is -3.62. The molecule has 0 saturated carbocycles. The van der Waals surface area contributed by atoms with Gasteiger partial charge in [0.25, 0.3) is 7.37 Å². The summed E-state index contributed by atoms with van der Waals surface area (Å²) in [5, 5.41) is 14.9. The molecule has 2 aliphatic rings. The Morgan fingerprint density at radius 1 is 0.807 bits per heavy atom. The molecule has 2 heterocycles. The molecule has 18 heteroatoms. The van der Waals surface area contributed by atoms with Gasteiger partial charge in [0.05, 0.1) is 51.5 Å². The fourth-order valence-electron chi connectivity index (χ4n) is 6.36. The molecule has 2 fully saturated rings. The van der Waals surface area contributed by atoms with E-state index in [9.17, 15) is 28.5 Å². The summed E-state index contributed by atoms with van der Waals surface area (Å²) < 4.78 is 41.8. The van der Waals surface area contributed by atoms with E-state index in [1.807, 2.05) is 25.6 Å². The maximum absolute atomic E-state index is 14.2. The molecule has 1 aromatic rings. The normalized spacial score (nSPS) is 18.8. The van der Waals surface area contributed by atoms with E-state index in [1.54, 1.807) is 37.3 Å². The van der Waals surface area contributed by atoms with Crippen LogP contribution < -0.4 is 31.1 Å². The van der Waals surface area contributed by atoms with Crippen LogP contribution in [0.15, 0.2) is 30.3 Å². The highest BCUT2D eigenvalue weighted by molar-refractivity contribution is 8.00. The molecular formula is C39H64N5O11PS. The second-order valence-corrected chi connectivity index (χ2v) is 18.2. The SMILES string of the molecule is CCOC(=O)CCP(=O)(Oc1ccccc1)[C@@H](NC(=O)CCC(=O)NCCCOCCOCCOCCCNC(=O)CCCCC1SC[C@@H]2NC(=O)N[C@H]12)C(C)C. The first-order valence-corrected chi connectivity index (χ1v) is 23.2. The van der Waals surface area contributed by atoms with Gasteiger partial charge in [-0.15, -0.1) is 0 Å². The second kappa shape index (κ2) is 27.3. The van der Waals surface area contributed by atoms with E-state index in [-0.39, 0.29) is 67.9 Å². The Bertz CT molecular complexity index is 1430. The molecule has 0 aliphatic carbocycles. The lowest BCUT2D eigenvalue weighted by Gasteiger charge is -2.31. The summed E-state index contributed by atoms with van der Waals surface area (Å²) in [6.45, 7) is 9.14. The lowest BCUT2D eigenvalue weighted by Crippen LogP contribution is -2.40. The number of nitrogens with one attached hydrogen (secondary N) is 5. The second-order valence-electron chi connectivity index (χ2n) is 14.3. The minimum Gasteiger partial charge on any atom is -0.466 e. The van der Waals surface area contributed by atoms with Crippen molar-refractivity contribution in [1.29, 1.82) is 0 Å². The summed E-state index contributed by atoms with van der Waals surface area (Å²) in [6, 6.07) is 8.98. The first-order chi connectivity index (χ1) is 27.5. The van der Waals surface area contributed by atoms with E-state index < -0.39 is 25.0 Å². The maximum atomic E-state index is 14.2. The van der Waals surface area contributed by atoms with E-state index in [4.69, 9.17) is 23.5 Å². The number of para-hydroxylation sites is 1. The maximum Gasteiger partial charge on any atom is 0.315 e. The van der Waals surface area contributed by atoms with Crippen molar-refractivity contribution in [3.05, 3.63) is 30.3 Å². The molecule has 3 rings (SSSR count). The average molecular weight is 842 g/mol. The van der Waals surface area contributed by atoms with Crippen LogP contribution in [0, 0.1) is 5.92 Å². The van der Waals surface area contributed by atoms with Crippen LogP contribution >= 0.6 is 19.1 Å². The Kier molecular flexibility index (Phi) is 23.0. The van der Waals surface area contributed by atoms with Crippen LogP contribution in [0.1, 0.15) is 78.6 Å². The Balaban J connectivity index is 1.13. The van der Waals surface area contributed by atoms with Crippen LogP contribution in [0.5, 0.6) is 5.75 Å². The number of benzene rings is 1. The van der Waals surface area contributed by atoms with Gasteiger partial charge in [0.2, 0.25) is 17.7 Å². The van der Waals surface area contributed by atoms with Gasteiger partial charge in [-0.1, -0.05) is 38.5 Å². The number of fused-ring (bicyclic) bond motifs is 1. The molecule has 16 nitrogen and oxygen atoms in total. The molecule has 1 aromatic carbocycles. The Labute approximate surface area is 341 Å². The van der Waals surface area contributed by atoms with E-state index in [0.29, 0.717) is 76.6 Å². The zero-order valence-corrected chi connectivity index (χ0v) is 35.5. The van der Waals surface area contributed by atoms with Crippen molar-refractivity contribution in [2.75, 3.05) is 71.3 Å². The molecule has 5 amide bonds. The van der Waals surface area contributed by atoms with Crippen LogP contribution in [0.2, 0.25) is 0 Å². The summed E-state index contributed by atoms with van der Waals surface area (Å²) >= 11 is 1.89. The summed E-state index contributed by atoms with van der Waals surface area (Å²) in [4.78, 5) is 61.0. The largest absolute Gasteiger partial charge is 0.466 e. The molecule has 2 saturated heterocycles. The van der Waals surface area contributed by atoms with E-state index in [0.717, 1.165) is 31.4 Å². The molecular weight excluding hydrogens is 777 g/mol. The number of hydrogen-bond donors (Lipinski definition) is 5. The third-order valence-corrected chi connectivity index (χ3v) is 13.7. The molecule has 5 N–H and O–H groups in total. The van der Waals surface area contributed by atoms with Crippen LogP contribution in [-0.2, 0) is 42.7 Å². The first kappa shape index (κ1) is 48.0. The summed E-state index contributed by atoms with van der Waals surface area (Å²) in [6.07, 6.45) is 4.24. The predicted molar refractivity (Wildman–Crippen MR) is 218 cm³/mol. The van der Waals surface area contributed by atoms with Crippen molar-refractivity contribution < 1.29 is 52.0 Å². The number of carbonyl (C=O) groups excluding carboxylic acids is 5. The molecule has 57 heavy (non-hydrogen) atoms. The number of thioether (sulfide) groups is 1. The van der Waals surface area contributed by atoms with Crippen LogP contribution in [0.3, 0.4) is 0 Å². The molecule has 0 spiro atoms. The fourth-order valence-corrected chi connectivity index (χ4v) is 10.6. The van der Waals surface area contributed by atoms with Crippen molar-refractivity contribution in [3.63, 3.8) is 0 Å². The summed E-state index contributed by atoms with van der Waals surface area (Å²) in [5.74, 6) is -1.01. The van der Waals surface area contributed by atoms with Gasteiger partial charge in [0.15, 0.2) is 0 Å². The van der Waals surface area contributed by atoms with Crippen LogP contribution in [0.25, 0.3) is 0 Å². The third-order valence-electron chi connectivity index (χ3n) is 9.28. The number of hydrogen-bond acceptors (Lipinski definition) is 12. The number of ether oxygens (including phenoxy) is 4. The number of unbranched alkanes of at least 4 members (excludes halogenated alkanes) is 1. The van der Waals surface area contributed by atoms with Crippen molar-refractivity contribution in [2.24, 2.45) is 5.92 Å². The Morgan fingerprint density at radius 3 is 2.05 bits per heavy atom. The van der Waals surface area contributed by atoms with Crippen molar-refractivity contribution in [3.8, 4) is 5.75 Å². The lowest BCUT2D eigenvalue weighted by atomic mass is 10.0. The van der Waals surface area contributed by atoms with Gasteiger partial charge in [-0.25, -0.2) is 4.79 Å². The molecule has 0 aromatic heterocycles. The third kappa shape index (κ3) is 19.3. The highest BCUT2D eigenvalue weighted by Crippen LogP contribution is 2.53. The van der Waals surface area contributed by atoms with E-state index in [1.165, 1.54) is 0 Å². The molecule has 2 aliphatic heterocycles. The van der Waals surface area contributed by atoms with E-state index in [2.05, 4.69) is 26.6 Å². The molecule has 0 radical (unpaired) electrons. The number of amides is 5. The van der Waals surface area contributed by atoms with Crippen LogP contribution in [-0.4, -0.2) is 124 Å². The Hall–Kier alpha value is -3.37. The monoisotopic (exact) mass is 841 g/mol. The van der Waals surface area contributed by atoms with Gasteiger partial charge in [-0.2, -0.15) is 11.8 Å². The smallest absolute Gasteiger partial charge is 0.315 e. The fraction of sp³-hybridized carbons (Fsp3) is 0.718. The van der Waals surface area contributed by atoms with Crippen LogP contribution in [0.4, 0.5) is 4.79 Å². The van der Waals surface area contributed by atoms with Crippen molar-refractivity contribution in [2.45, 2.75) is 102 Å². The quantitative estimate of drug-likeness (QED) is 0.0312. The predicted octanol–water partition coefficient (Wildman–Crippen LogP) is 3.96. The number of carbonyl (C=O) groups is 5. The number of urea groups is 1. The average Bonchev–Trinajstić information content (AvgIpc) is 3.74. The minimum absolute atomic E-state index is 0.0436. The highest BCUT2D eigenvalue weighted by Gasteiger charge is 2.42. The molecule has 0 bridgehead atoms. The molecule has 2 unspecified atom stereocenters. The highest BCUT2D eigenvalue weighted by atomic mass is 32.2. The zero-order chi connectivity index (χ0) is 41.3. The first-order valence-electron chi connectivity index (χ1n) is 20.2. The Morgan fingerprint density at radius 2 is 1.42 bits per heavy atom. The molecule has 322 valence electrons. The van der Waals surface area contributed by atoms with Crippen molar-refractivity contribution >= 4 is 48.9 Å².